The highest BCUT2D eigenvalue weighted by Crippen LogP contribution is 2.24. The van der Waals surface area contributed by atoms with Crippen LogP contribution in [-0.2, 0) is 0 Å². The van der Waals surface area contributed by atoms with Crippen molar-refractivity contribution in [3.05, 3.63) is 0 Å². The summed E-state index contributed by atoms with van der Waals surface area (Å²) in [6.45, 7) is 0.383. The number of rotatable bonds is 4. The Hall–Kier alpha value is -0.220. The van der Waals surface area contributed by atoms with Gasteiger partial charge in [0.15, 0.2) is 0 Å². The maximum atomic E-state index is 11.7. The van der Waals surface area contributed by atoms with Crippen LogP contribution in [0.1, 0.15) is 19.3 Å². The first-order valence-electron chi connectivity index (χ1n) is 4.35. The normalized spacial score (nSPS) is 30.0. The van der Waals surface area contributed by atoms with E-state index in [0.29, 0.717) is 12.5 Å². The van der Waals surface area contributed by atoms with Crippen LogP contribution in [0, 0.1) is 5.92 Å². The lowest BCUT2D eigenvalue weighted by molar-refractivity contribution is 0.143. The second-order valence-electron chi connectivity index (χ2n) is 3.38. The minimum Gasteiger partial charge on any atom is -0.393 e. The van der Waals surface area contributed by atoms with Gasteiger partial charge in [-0.15, -0.1) is 0 Å². The van der Waals surface area contributed by atoms with Gasteiger partial charge in [-0.1, -0.05) is 0 Å². The molecule has 0 radical (unpaired) electrons. The van der Waals surface area contributed by atoms with Crippen molar-refractivity contribution in [3.8, 4) is 0 Å². The van der Waals surface area contributed by atoms with Crippen LogP contribution >= 0.6 is 0 Å². The van der Waals surface area contributed by atoms with Crippen molar-refractivity contribution >= 4 is 0 Å². The molecule has 2 nitrogen and oxygen atoms in total. The second kappa shape index (κ2) is 4.72. The zero-order valence-corrected chi connectivity index (χ0v) is 6.97. The SMILES string of the molecule is OC1CCC(CNCC(F)F)C1. The monoisotopic (exact) mass is 179 g/mol. The molecule has 1 aliphatic rings. The van der Waals surface area contributed by atoms with Crippen molar-refractivity contribution in [2.24, 2.45) is 5.92 Å². The van der Waals surface area contributed by atoms with Crippen LogP contribution < -0.4 is 5.32 Å². The van der Waals surface area contributed by atoms with Gasteiger partial charge in [-0.25, -0.2) is 8.78 Å². The third kappa shape index (κ3) is 3.45. The van der Waals surface area contributed by atoms with Gasteiger partial charge in [-0.2, -0.15) is 0 Å². The molecule has 0 aromatic carbocycles. The molecule has 0 spiro atoms. The number of nitrogens with one attached hydrogen (secondary N) is 1. The molecule has 0 aliphatic heterocycles. The summed E-state index contributed by atoms with van der Waals surface area (Å²) in [5.74, 6) is 0.388. The maximum absolute atomic E-state index is 11.7. The summed E-state index contributed by atoms with van der Waals surface area (Å²) in [5, 5.41) is 11.8. The summed E-state index contributed by atoms with van der Waals surface area (Å²) in [7, 11) is 0. The molecule has 0 aromatic heterocycles. The number of aliphatic hydroxyl groups is 1. The van der Waals surface area contributed by atoms with E-state index >= 15 is 0 Å². The first-order chi connectivity index (χ1) is 5.68. The Labute approximate surface area is 71.0 Å². The number of aliphatic hydroxyl groups excluding tert-OH is 1. The largest absolute Gasteiger partial charge is 0.393 e. The average Bonchev–Trinajstić information content (AvgIpc) is 2.35. The molecular weight excluding hydrogens is 164 g/mol. The quantitative estimate of drug-likeness (QED) is 0.674. The van der Waals surface area contributed by atoms with Gasteiger partial charge in [0, 0.05) is 0 Å². The molecule has 1 saturated carbocycles. The van der Waals surface area contributed by atoms with E-state index < -0.39 is 6.43 Å². The minimum atomic E-state index is -2.27. The summed E-state index contributed by atoms with van der Waals surface area (Å²) in [6, 6.07) is 0. The summed E-state index contributed by atoms with van der Waals surface area (Å²) in [5.41, 5.74) is 0. The fourth-order valence-electron chi connectivity index (χ4n) is 1.63. The van der Waals surface area contributed by atoms with E-state index in [2.05, 4.69) is 5.32 Å². The molecule has 0 saturated heterocycles. The molecule has 2 unspecified atom stereocenters. The lowest BCUT2D eigenvalue weighted by atomic mass is 10.1. The van der Waals surface area contributed by atoms with Gasteiger partial charge in [-0.05, 0) is 31.7 Å². The Morgan fingerprint density at radius 2 is 2.17 bits per heavy atom. The van der Waals surface area contributed by atoms with Gasteiger partial charge >= 0.3 is 0 Å². The van der Waals surface area contributed by atoms with Crippen molar-refractivity contribution in [1.29, 1.82) is 0 Å². The van der Waals surface area contributed by atoms with Crippen molar-refractivity contribution in [1.82, 2.24) is 5.32 Å². The van der Waals surface area contributed by atoms with E-state index in [9.17, 15) is 8.78 Å². The predicted molar refractivity (Wildman–Crippen MR) is 42.2 cm³/mol. The summed E-state index contributed by atoms with van der Waals surface area (Å²) >= 11 is 0. The third-order valence-corrected chi connectivity index (χ3v) is 2.25. The van der Waals surface area contributed by atoms with Gasteiger partial charge in [0.2, 0.25) is 0 Å². The fourth-order valence-corrected chi connectivity index (χ4v) is 1.63. The number of hydrogen-bond donors (Lipinski definition) is 2. The summed E-state index contributed by atoms with van der Waals surface area (Å²) in [6.07, 6.45) is 0.0639. The highest BCUT2D eigenvalue weighted by atomic mass is 19.3. The standard InChI is InChI=1S/C8H15F2NO/c9-8(10)5-11-4-6-1-2-7(12)3-6/h6-8,11-12H,1-5H2. The molecule has 12 heavy (non-hydrogen) atoms. The Morgan fingerprint density at radius 3 is 2.67 bits per heavy atom. The molecule has 1 fully saturated rings. The number of alkyl halides is 2. The molecule has 72 valence electrons. The van der Waals surface area contributed by atoms with E-state index in [1.54, 1.807) is 0 Å². The molecule has 0 amide bonds. The Kier molecular flexibility index (Phi) is 3.88. The van der Waals surface area contributed by atoms with Gasteiger partial charge in [0.05, 0.1) is 12.6 Å². The minimum absolute atomic E-state index is 0.205. The highest BCUT2D eigenvalue weighted by Gasteiger charge is 2.22. The predicted octanol–water partition coefficient (Wildman–Crippen LogP) is 1.00. The van der Waals surface area contributed by atoms with Gasteiger partial charge in [0.25, 0.3) is 6.43 Å². The van der Waals surface area contributed by atoms with Crippen LogP contribution in [0.15, 0.2) is 0 Å². The van der Waals surface area contributed by atoms with Crippen LogP contribution in [0.5, 0.6) is 0 Å². The van der Waals surface area contributed by atoms with E-state index in [4.69, 9.17) is 5.11 Å². The second-order valence-corrected chi connectivity index (χ2v) is 3.38. The van der Waals surface area contributed by atoms with Crippen molar-refractivity contribution < 1.29 is 13.9 Å². The van der Waals surface area contributed by atoms with Crippen molar-refractivity contribution in [2.75, 3.05) is 13.1 Å². The van der Waals surface area contributed by atoms with Crippen LogP contribution in [0.25, 0.3) is 0 Å². The van der Waals surface area contributed by atoms with E-state index in [0.717, 1.165) is 19.3 Å². The van der Waals surface area contributed by atoms with Crippen LogP contribution in [0.3, 0.4) is 0 Å². The topological polar surface area (TPSA) is 32.3 Å². The van der Waals surface area contributed by atoms with Crippen molar-refractivity contribution in [3.63, 3.8) is 0 Å². The molecule has 0 heterocycles. The Morgan fingerprint density at radius 1 is 1.42 bits per heavy atom. The van der Waals surface area contributed by atoms with Gasteiger partial charge < -0.3 is 10.4 Å². The molecule has 4 heteroatoms. The molecular formula is C8H15F2NO. The van der Waals surface area contributed by atoms with Crippen LogP contribution in [-0.4, -0.2) is 30.7 Å². The zero-order chi connectivity index (χ0) is 8.97. The fraction of sp³-hybridized carbons (Fsp3) is 1.00. The lowest BCUT2D eigenvalue weighted by Gasteiger charge is -2.09. The molecule has 2 atom stereocenters. The van der Waals surface area contributed by atoms with Crippen LogP contribution in [0.2, 0.25) is 0 Å². The first kappa shape index (κ1) is 9.86. The highest BCUT2D eigenvalue weighted by molar-refractivity contribution is 4.76. The zero-order valence-electron chi connectivity index (χ0n) is 6.97. The number of hydrogen-bond acceptors (Lipinski definition) is 2. The van der Waals surface area contributed by atoms with Crippen LogP contribution in [0.4, 0.5) is 8.78 Å². The van der Waals surface area contributed by atoms with E-state index in [-0.39, 0.29) is 12.6 Å². The molecule has 0 aromatic rings. The Bertz CT molecular complexity index is 132. The third-order valence-electron chi connectivity index (χ3n) is 2.25. The molecule has 2 N–H and O–H groups in total. The van der Waals surface area contributed by atoms with Gasteiger partial charge in [0.1, 0.15) is 0 Å². The Balaban J connectivity index is 2.00. The summed E-state index contributed by atoms with van der Waals surface area (Å²) in [4.78, 5) is 0. The summed E-state index contributed by atoms with van der Waals surface area (Å²) < 4.78 is 23.3. The molecule has 0 bridgehead atoms. The molecule has 1 rings (SSSR count). The molecule has 1 aliphatic carbocycles. The van der Waals surface area contributed by atoms with E-state index in [1.165, 1.54) is 0 Å². The lowest BCUT2D eigenvalue weighted by Crippen LogP contribution is -2.26. The number of halogens is 2. The smallest absolute Gasteiger partial charge is 0.250 e. The maximum Gasteiger partial charge on any atom is 0.250 e. The first-order valence-corrected chi connectivity index (χ1v) is 4.35. The van der Waals surface area contributed by atoms with E-state index in [1.807, 2.05) is 0 Å². The van der Waals surface area contributed by atoms with Gasteiger partial charge in [-0.3, -0.25) is 0 Å². The average molecular weight is 179 g/mol. The van der Waals surface area contributed by atoms with Crippen molar-refractivity contribution in [2.45, 2.75) is 31.8 Å².